The Balaban J connectivity index is 1.29. The SMILES string of the molecule is CCCCCCCCOCc1cc2c(N=C3CSCN4C=C5C=CCCC5=CC34)cccc2cn1. The largest absolute Gasteiger partial charge is 0.375 e. The van der Waals surface area contributed by atoms with Crippen LogP contribution in [0.2, 0.25) is 0 Å². The second-order valence-corrected chi connectivity index (χ2v) is 10.7. The Morgan fingerprint density at radius 1 is 1.17 bits per heavy atom. The number of benzene rings is 1. The minimum Gasteiger partial charge on any atom is -0.375 e. The first-order valence-corrected chi connectivity index (χ1v) is 14.4. The molecule has 0 bridgehead atoms. The first-order valence-electron chi connectivity index (χ1n) is 13.3. The fourth-order valence-electron chi connectivity index (χ4n) is 5.08. The van der Waals surface area contributed by atoms with Crippen LogP contribution in [0.5, 0.6) is 0 Å². The van der Waals surface area contributed by atoms with Gasteiger partial charge in [-0.2, -0.15) is 0 Å². The van der Waals surface area contributed by atoms with Gasteiger partial charge in [0.2, 0.25) is 0 Å². The van der Waals surface area contributed by atoms with Crippen molar-refractivity contribution >= 4 is 33.9 Å². The Morgan fingerprint density at radius 3 is 3.03 bits per heavy atom. The molecule has 0 saturated carbocycles. The van der Waals surface area contributed by atoms with Crippen molar-refractivity contribution in [2.75, 3.05) is 18.2 Å². The van der Waals surface area contributed by atoms with Crippen molar-refractivity contribution in [1.29, 1.82) is 0 Å². The molecule has 0 radical (unpaired) electrons. The van der Waals surface area contributed by atoms with E-state index in [9.17, 15) is 0 Å². The number of aliphatic imine (C=N–C) groups is 1. The fraction of sp³-hybridized carbons (Fsp3) is 0.467. The summed E-state index contributed by atoms with van der Waals surface area (Å²) in [4.78, 5) is 12.3. The number of nitrogens with zero attached hydrogens (tertiary/aromatic N) is 3. The topological polar surface area (TPSA) is 37.7 Å². The average Bonchev–Trinajstić information content (AvgIpc) is 2.89. The van der Waals surface area contributed by atoms with E-state index in [4.69, 9.17) is 9.73 Å². The number of aromatic nitrogens is 1. The molecule has 5 rings (SSSR count). The fourth-order valence-corrected chi connectivity index (χ4v) is 6.07. The molecule has 2 aliphatic heterocycles. The van der Waals surface area contributed by atoms with E-state index in [2.05, 4.69) is 65.5 Å². The first-order chi connectivity index (χ1) is 17.3. The van der Waals surface area contributed by atoms with Gasteiger partial charge in [-0.1, -0.05) is 69.4 Å². The van der Waals surface area contributed by atoms with Gasteiger partial charge in [-0.15, -0.1) is 11.8 Å². The molecule has 1 fully saturated rings. The number of allylic oxidation sites excluding steroid dienone is 4. The van der Waals surface area contributed by atoms with E-state index >= 15 is 0 Å². The van der Waals surface area contributed by atoms with Crippen LogP contribution in [0.25, 0.3) is 10.8 Å². The molecule has 3 heterocycles. The van der Waals surface area contributed by atoms with Crippen molar-refractivity contribution in [3.63, 3.8) is 0 Å². The molecule has 1 unspecified atom stereocenters. The standard InChI is InChI=1S/C30H37N3OS/c1-2-3-4-5-6-9-15-34-20-26-17-27-24(18-31-26)13-10-14-28(27)32-29-21-35-22-33-19-25-12-8-7-11-23(25)16-30(29)33/h8,10,12-14,16-19,30H,2-7,9,11,15,20-22H2,1H3. The molecule has 4 nitrogen and oxygen atoms in total. The van der Waals surface area contributed by atoms with E-state index in [1.807, 2.05) is 18.0 Å². The Labute approximate surface area is 214 Å². The monoisotopic (exact) mass is 487 g/mol. The normalized spacial score (nSPS) is 20.5. The number of ether oxygens (including phenoxy) is 1. The third-order valence-electron chi connectivity index (χ3n) is 7.05. The van der Waals surface area contributed by atoms with Crippen molar-refractivity contribution in [3.8, 4) is 0 Å². The molecule has 0 amide bonds. The molecule has 3 aliphatic rings. The zero-order valence-corrected chi connectivity index (χ0v) is 21.7. The van der Waals surface area contributed by atoms with Gasteiger partial charge in [0, 0.05) is 35.5 Å². The van der Waals surface area contributed by atoms with E-state index in [1.165, 1.54) is 49.0 Å². The molecule has 0 N–H and O–H groups in total. The summed E-state index contributed by atoms with van der Waals surface area (Å²) in [6, 6.07) is 8.79. The number of rotatable bonds is 10. The second kappa shape index (κ2) is 12.0. The third-order valence-corrected chi connectivity index (χ3v) is 8.04. The molecule has 1 aromatic heterocycles. The van der Waals surface area contributed by atoms with Gasteiger partial charge in [0.25, 0.3) is 0 Å². The Kier molecular flexibility index (Phi) is 8.37. The van der Waals surface area contributed by atoms with E-state index < -0.39 is 0 Å². The highest BCUT2D eigenvalue weighted by Gasteiger charge is 2.29. The Hall–Kier alpha value is -2.37. The van der Waals surface area contributed by atoms with Crippen molar-refractivity contribution in [3.05, 3.63) is 71.7 Å². The highest BCUT2D eigenvalue weighted by atomic mass is 32.2. The number of hydrogen-bond donors (Lipinski definition) is 0. The predicted molar refractivity (Wildman–Crippen MR) is 149 cm³/mol. The molecule has 1 aromatic carbocycles. The lowest BCUT2D eigenvalue weighted by Crippen LogP contribution is -2.43. The zero-order chi connectivity index (χ0) is 23.9. The molecule has 1 aliphatic carbocycles. The van der Waals surface area contributed by atoms with Crippen molar-refractivity contribution in [2.45, 2.75) is 70.9 Å². The van der Waals surface area contributed by atoms with Crippen LogP contribution in [0, 0.1) is 0 Å². The molecule has 184 valence electrons. The molecule has 2 aromatic rings. The molecular formula is C30H37N3OS. The highest BCUT2D eigenvalue weighted by molar-refractivity contribution is 8.00. The van der Waals surface area contributed by atoms with Gasteiger partial charge in [-0.05, 0) is 42.5 Å². The van der Waals surface area contributed by atoms with Crippen LogP contribution >= 0.6 is 11.8 Å². The molecule has 1 saturated heterocycles. The van der Waals surface area contributed by atoms with Crippen LogP contribution in [-0.4, -0.2) is 39.9 Å². The van der Waals surface area contributed by atoms with Crippen LogP contribution in [0.15, 0.2) is 71.0 Å². The van der Waals surface area contributed by atoms with Gasteiger partial charge >= 0.3 is 0 Å². The third kappa shape index (κ3) is 6.07. The Morgan fingerprint density at radius 2 is 2.09 bits per heavy atom. The summed E-state index contributed by atoms with van der Waals surface area (Å²) in [5, 5.41) is 2.30. The van der Waals surface area contributed by atoms with Crippen LogP contribution in [-0.2, 0) is 11.3 Å². The van der Waals surface area contributed by atoms with Gasteiger partial charge in [0.05, 0.1) is 35.6 Å². The lowest BCUT2D eigenvalue weighted by molar-refractivity contribution is 0.114. The van der Waals surface area contributed by atoms with Crippen molar-refractivity contribution < 1.29 is 4.74 Å². The number of fused-ring (bicyclic) bond motifs is 3. The molecule has 35 heavy (non-hydrogen) atoms. The summed E-state index contributed by atoms with van der Waals surface area (Å²) in [7, 11) is 0. The van der Waals surface area contributed by atoms with Gasteiger partial charge in [0.1, 0.15) is 0 Å². The summed E-state index contributed by atoms with van der Waals surface area (Å²) in [6.07, 6.45) is 21.3. The molecule has 1 atom stereocenters. The van der Waals surface area contributed by atoms with Crippen molar-refractivity contribution in [2.24, 2.45) is 4.99 Å². The van der Waals surface area contributed by atoms with Gasteiger partial charge in [-0.3, -0.25) is 9.98 Å². The second-order valence-electron chi connectivity index (χ2n) is 9.75. The highest BCUT2D eigenvalue weighted by Crippen LogP contribution is 2.34. The van der Waals surface area contributed by atoms with Crippen LogP contribution < -0.4 is 0 Å². The summed E-state index contributed by atoms with van der Waals surface area (Å²) < 4.78 is 5.96. The maximum atomic E-state index is 5.96. The summed E-state index contributed by atoms with van der Waals surface area (Å²) in [5.74, 6) is 1.99. The minimum absolute atomic E-state index is 0.263. The summed E-state index contributed by atoms with van der Waals surface area (Å²) >= 11 is 1.94. The Bertz CT molecular complexity index is 1150. The minimum atomic E-state index is 0.263. The van der Waals surface area contributed by atoms with Crippen molar-refractivity contribution in [1.82, 2.24) is 9.88 Å². The first kappa shape index (κ1) is 24.3. The lowest BCUT2D eigenvalue weighted by Gasteiger charge is -2.38. The quantitative estimate of drug-likeness (QED) is 0.321. The van der Waals surface area contributed by atoms with E-state index in [-0.39, 0.29) is 6.04 Å². The number of thioether (sulfide) groups is 1. The maximum absolute atomic E-state index is 5.96. The predicted octanol–water partition coefficient (Wildman–Crippen LogP) is 7.73. The number of pyridine rings is 1. The van der Waals surface area contributed by atoms with E-state index in [0.29, 0.717) is 6.61 Å². The van der Waals surface area contributed by atoms with E-state index in [1.54, 1.807) is 0 Å². The van der Waals surface area contributed by atoms with Gasteiger partial charge in [0.15, 0.2) is 0 Å². The van der Waals surface area contributed by atoms with Crippen LogP contribution in [0.3, 0.4) is 0 Å². The number of unbranched alkanes of at least 4 members (excludes halogenated alkanes) is 5. The maximum Gasteiger partial charge on any atom is 0.0888 e. The number of hydrogen-bond acceptors (Lipinski definition) is 5. The summed E-state index contributed by atoms with van der Waals surface area (Å²) in [5.41, 5.74) is 6.11. The zero-order valence-electron chi connectivity index (χ0n) is 20.9. The van der Waals surface area contributed by atoms with Crippen LogP contribution in [0.1, 0.15) is 64.0 Å². The molecule has 5 heteroatoms. The smallest absolute Gasteiger partial charge is 0.0888 e. The molecule has 0 spiro atoms. The lowest BCUT2D eigenvalue weighted by atomic mass is 9.90. The van der Waals surface area contributed by atoms with Gasteiger partial charge < -0.3 is 9.64 Å². The average molecular weight is 488 g/mol. The van der Waals surface area contributed by atoms with E-state index in [0.717, 1.165) is 59.7 Å². The van der Waals surface area contributed by atoms with Crippen LogP contribution in [0.4, 0.5) is 5.69 Å². The summed E-state index contributed by atoms with van der Waals surface area (Å²) in [6.45, 7) is 3.63. The van der Waals surface area contributed by atoms with Gasteiger partial charge in [-0.25, -0.2) is 0 Å². The molecular weight excluding hydrogens is 450 g/mol.